The molecule has 0 bridgehead atoms. The Balaban J connectivity index is 0.00000300. The fourth-order valence-corrected chi connectivity index (χ4v) is 3.74. The van der Waals surface area contributed by atoms with Crippen molar-refractivity contribution in [3.05, 3.63) is 74.9 Å². The van der Waals surface area contributed by atoms with Crippen molar-refractivity contribution < 1.29 is 18.0 Å². The van der Waals surface area contributed by atoms with Crippen molar-refractivity contribution in [1.82, 2.24) is 0 Å². The van der Waals surface area contributed by atoms with Gasteiger partial charge in [-0.15, -0.1) is 12.4 Å². The lowest BCUT2D eigenvalue weighted by atomic mass is 9.96. The summed E-state index contributed by atoms with van der Waals surface area (Å²) in [6.45, 7) is 0. The topological polar surface area (TPSA) is 78.9 Å². The van der Waals surface area contributed by atoms with E-state index in [4.69, 9.17) is 11.0 Å². The van der Waals surface area contributed by atoms with E-state index in [1.54, 1.807) is 18.2 Å². The summed E-state index contributed by atoms with van der Waals surface area (Å²) in [7, 11) is 0. The summed E-state index contributed by atoms with van der Waals surface area (Å²) in [5.74, 6) is -0.154. The van der Waals surface area contributed by atoms with Crippen molar-refractivity contribution in [3.8, 4) is 6.07 Å². The normalized spacial score (nSPS) is 15.0. The van der Waals surface area contributed by atoms with Crippen LogP contribution in [0.15, 0.2) is 58.2 Å². The second-order valence-electron chi connectivity index (χ2n) is 6.34. The van der Waals surface area contributed by atoms with Crippen LogP contribution in [-0.2, 0) is 11.0 Å². The van der Waals surface area contributed by atoms with Gasteiger partial charge < -0.3 is 11.1 Å². The van der Waals surface area contributed by atoms with E-state index >= 15 is 0 Å². The summed E-state index contributed by atoms with van der Waals surface area (Å²) in [5.41, 5.74) is 7.68. The van der Waals surface area contributed by atoms with Gasteiger partial charge in [0.2, 0.25) is 0 Å². The van der Waals surface area contributed by atoms with Crippen LogP contribution in [0.5, 0.6) is 0 Å². The molecule has 1 aliphatic carbocycles. The molecule has 0 saturated heterocycles. The molecule has 3 rings (SSSR count). The molecule has 9 heteroatoms. The Morgan fingerprint density at radius 3 is 2.52 bits per heavy atom. The summed E-state index contributed by atoms with van der Waals surface area (Å²) in [4.78, 5) is 12.4. The number of alkyl halides is 3. The lowest BCUT2D eigenvalue weighted by molar-refractivity contribution is -0.137. The first-order valence-corrected chi connectivity index (χ1v) is 9.15. The fourth-order valence-electron chi connectivity index (χ4n) is 3.12. The largest absolute Gasteiger partial charge is 0.416 e. The molecule has 1 aliphatic rings. The molecule has 0 amide bonds. The molecule has 0 heterocycles. The van der Waals surface area contributed by atoms with Crippen LogP contribution in [0.1, 0.15) is 35.6 Å². The number of nitrogens with one attached hydrogen (secondary N) is 1. The van der Waals surface area contributed by atoms with Crippen molar-refractivity contribution in [3.63, 3.8) is 0 Å². The number of anilines is 1. The number of nitriles is 1. The maximum absolute atomic E-state index is 12.9. The van der Waals surface area contributed by atoms with E-state index in [2.05, 4.69) is 21.2 Å². The number of Topliss-reactive ketones (excluding diaryl/α,β-unsaturated/α-hetero) is 1. The van der Waals surface area contributed by atoms with E-state index in [0.29, 0.717) is 33.3 Å². The molecule has 0 aliphatic heterocycles. The Hall–Kier alpha value is -2.34. The Bertz CT molecular complexity index is 1010. The Morgan fingerprint density at radius 2 is 1.90 bits per heavy atom. The first-order valence-electron chi connectivity index (χ1n) is 8.36. The number of hydrogen-bond donors (Lipinski definition) is 2. The van der Waals surface area contributed by atoms with Crippen LogP contribution in [0.2, 0.25) is 0 Å². The van der Waals surface area contributed by atoms with Crippen LogP contribution in [0.25, 0.3) is 0 Å². The zero-order chi connectivity index (χ0) is 20.5. The number of carbonyl (C=O) groups excluding carboxylic acids is 1. The molecule has 152 valence electrons. The fraction of sp³-hybridized carbons (Fsp3) is 0.200. The van der Waals surface area contributed by atoms with Gasteiger partial charge >= 0.3 is 6.18 Å². The van der Waals surface area contributed by atoms with Crippen LogP contribution in [-0.4, -0.2) is 5.78 Å². The Morgan fingerprint density at radius 1 is 1.17 bits per heavy atom. The SMILES string of the molecule is Cl.N#Cc1ccc(C(N)C2=C(Nc3cccc(C(F)(F)F)c3)CCC2=O)c(Br)c1. The lowest BCUT2D eigenvalue weighted by Gasteiger charge is -2.18. The molecule has 1 unspecified atom stereocenters. The number of allylic oxidation sites excluding steroid dienone is 1. The van der Waals surface area contributed by atoms with Crippen molar-refractivity contribution in [2.45, 2.75) is 25.1 Å². The van der Waals surface area contributed by atoms with Gasteiger partial charge in [0.1, 0.15) is 0 Å². The van der Waals surface area contributed by atoms with Gasteiger partial charge in [-0.25, -0.2) is 0 Å². The minimum atomic E-state index is -4.45. The maximum Gasteiger partial charge on any atom is 0.416 e. The van der Waals surface area contributed by atoms with Crippen molar-refractivity contribution in [2.24, 2.45) is 5.73 Å². The third kappa shape index (κ3) is 4.99. The van der Waals surface area contributed by atoms with Crippen LogP contribution >= 0.6 is 28.3 Å². The van der Waals surface area contributed by atoms with Gasteiger partial charge in [0, 0.05) is 27.9 Å². The van der Waals surface area contributed by atoms with Gasteiger partial charge in [0.05, 0.1) is 23.2 Å². The average Bonchev–Trinajstić information content (AvgIpc) is 3.00. The Labute approximate surface area is 180 Å². The van der Waals surface area contributed by atoms with E-state index in [1.807, 2.05) is 6.07 Å². The lowest BCUT2D eigenvalue weighted by Crippen LogP contribution is -2.20. The molecule has 0 radical (unpaired) electrons. The molecule has 0 aromatic heterocycles. The highest BCUT2D eigenvalue weighted by Crippen LogP contribution is 2.36. The number of benzene rings is 2. The molecule has 0 fully saturated rings. The van der Waals surface area contributed by atoms with E-state index in [-0.39, 0.29) is 30.3 Å². The van der Waals surface area contributed by atoms with Gasteiger partial charge in [0.15, 0.2) is 5.78 Å². The van der Waals surface area contributed by atoms with Gasteiger partial charge in [-0.2, -0.15) is 18.4 Å². The second kappa shape index (κ2) is 8.99. The van der Waals surface area contributed by atoms with E-state index < -0.39 is 17.8 Å². The van der Waals surface area contributed by atoms with Crippen LogP contribution in [0.3, 0.4) is 0 Å². The highest BCUT2D eigenvalue weighted by molar-refractivity contribution is 9.10. The Kier molecular flexibility index (Phi) is 7.11. The molecule has 0 spiro atoms. The third-order valence-corrected chi connectivity index (χ3v) is 5.18. The first-order chi connectivity index (χ1) is 13.2. The van der Waals surface area contributed by atoms with Crippen molar-refractivity contribution in [1.29, 1.82) is 5.26 Å². The zero-order valence-corrected chi connectivity index (χ0v) is 17.3. The summed E-state index contributed by atoms with van der Waals surface area (Å²) in [6, 6.07) is 10.9. The number of carbonyl (C=O) groups is 1. The van der Waals surface area contributed by atoms with Crippen LogP contribution < -0.4 is 11.1 Å². The summed E-state index contributed by atoms with van der Waals surface area (Å²) in [6.07, 6.45) is -3.85. The minimum Gasteiger partial charge on any atom is -0.358 e. The number of nitrogens with zero attached hydrogens (tertiary/aromatic N) is 1. The number of nitrogens with two attached hydrogens (primary N) is 1. The summed E-state index contributed by atoms with van der Waals surface area (Å²) >= 11 is 3.36. The van der Waals surface area contributed by atoms with Gasteiger partial charge in [0.25, 0.3) is 0 Å². The smallest absolute Gasteiger partial charge is 0.358 e. The number of hydrogen-bond acceptors (Lipinski definition) is 4. The van der Waals surface area contributed by atoms with E-state index in [9.17, 15) is 18.0 Å². The standard InChI is InChI=1S/C20H15BrF3N3O.ClH/c21-15-8-11(10-25)4-5-14(15)19(26)18-16(6-7-17(18)28)27-13-3-1-2-12(9-13)20(22,23)24;/h1-5,8-9,19,27H,6-7,26H2;1H. The van der Waals surface area contributed by atoms with Crippen molar-refractivity contribution >= 4 is 39.8 Å². The van der Waals surface area contributed by atoms with E-state index in [0.717, 1.165) is 12.1 Å². The highest BCUT2D eigenvalue weighted by atomic mass is 79.9. The van der Waals surface area contributed by atoms with Gasteiger partial charge in [-0.1, -0.05) is 28.1 Å². The van der Waals surface area contributed by atoms with Gasteiger partial charge in [-0.05, 0) is 42.3 Å². The maximum atomic E-state index is 12.9. The third-order valence-electron chi connectivity index (χ3n) is 4.49. The predicted octanol–water partition coefficient (Wildman–Crippen LogP) is 5.49. The molecule has 4 nitrogen and oxygen atoms in total. The van der Waals surface area contributed by atoms with E-state index in [1.165, 1.54) is 12.1 Å². The molecule has 2 aromatic carbocycles. The summed E-state index contributed by atoms with van der Waals surface area (Å²) in [5, 5.41) is 11.9. The molecular formula is C20H16BrClF3N3O. The first kappa shape index (κ1) is 22.9. The van der Waals surface area contributed by atoms with Crippen LogP contribution in [0.4, 0.5) is 18.9 Å². The quantitative estimate of drug-likeness (QED) is 0.599. The van der Waals surface area contributed by atoms with Crippen LogP contribution in [0, 0.1) is 11.3 Å². The number of ketones is 1. The molecule has 0 saturated carbocycles. The zero-order valence-electron chi connectivity index (χ0n) is 14.9. The number of halogens is 5. The molecule has 29 heavy (non-hydrogen) atoms. The van der Waals surface area contributed by atoms with Crippen molar-refractivity contribution in [2.75, 3.05) is 5.32 Å². The molecule has 3 N–H and O–H groups in total. The minimum absolute atomic E-state index is 0. The average molecular weight is 487 g/mol. The monoisotopic (exact) mass is 485 g/mol. The second-order valence-corrected chi connectivity index (χ2v) is 7.20. The predicted molar refractivity (Wildman–Crippen MR) is 109 cm³/mol. The highest BCUT2D eigenvalue weighted by Gasteiger charge is 2.32. The molecular weight excluding hydrogens is 471 g/mol. The summed E-state index contributed by atoms with van der Waals surface area (Å²) < 4.78 is 39.4. The molecule has 1 atom stereocenters. The number of rotatable bonds is 4. The van der Waals surface area contributed by atoms with Gasteiger partial charge in [-0.3, -0.25) is 4.79 Å². The molecule has 2 aromatic rings.